The Hall–Kier alpha value is -0.640. The highest BCUT2D eigenvalue weighted by atomic mass is 127. The van der Waals surface area contributed by atoms with E-state index >= 15 is 0 Å². The average Bonchev–Trinajstić information content (AvgIpc) is 2.78. The smallest absolute Gasteiger partial charge is 0.204 e. The van der Waals surface area contributed by atoms with Gasteiger partial charge < -0.3 is 20.1 Å². The zero-order valence-corrected chi connectivity index (χ0v) is 15.4. The first kappa shape index (κ1) is 17.4. The Morgan fingerprint density at radius 3 is 2.65 bits per heavy atom. The molecular weight excluding hydrogens is 387 g/mol. The van der Waals surface area contributed by atoms with Gasteiger partial charge in [0.1, 0.15) is 0 Å². The maximum atomic E-state index is 6.04. The summed E-state index contributed by atoms with van der Waals surface area (Å²) in [5, 5.41) is 0. The van der Waals surface area contributed by atoms with Crippen LogP contribution in [0, 0.1) is 0 Å². The summed E-state index contributed by atoms with van der Waals surface area (Å²) >= 11 is 1.97. The number of hydrogen-bond acceptors (Lipinski definition) is 4. The lowest BCUT2D eigenvalue weighted by molar-refractivity contribution is 0.455. The van der Waals surface area contributed by atoms with Gasteiger partial charge in [-0.25, -0.2) is 9.98 Å². The lowest BCUT2D eigenvalue weighted by Crippen LogP contribution is -2.42. The van der Waals surface area contributed by atoms with E-state index in [0.717, 1.165) is 36.2 Å². The molecule has 0 aromatic carbocycles. The molecule has 0 saturated carbocycles. The van der Waals surface area contributed by atoms with E-state index in [4.69, 9.17) is 5.73 Å². The molecule has 1 aliphatic rings. The lowest BCUT2D eigenvalue weighted by Gasteiger charge is -2.27. The van der Waals surface area contributed by atoms with E-state index in [1.807, 2.05) is 48.6 Å². The number of guanidine groups is 1. The fourth-order valence-corrected chi connectivity index (χ4v) is 2.95. The fourth-order valence-electron chi connectivity index (χ4n) is 2.05. The molecule has 2 rings (SSSR count). The van der Waals surface area contributed by atoms with Crippen LogP contribution in [-0.4, -0.2) is 59.1 Å². The summed E-state index contributed by atoms with van der Waals surface area (Å²) in [4.78, 5) is 13.0. The minimum atomic E-state index is 0. The van der Waals surface area contributed by atoms with Crippen molar-refractivity contribution in [2.75, 3.05) is 43.6 Å². The molecule has 0 radical (unpaired) electrons. The number of hydrogen-bond donors (Lipinski definition) is 1. The van der Waals surface area contributed by atoms with Gasteiger partial charge in [0.25, 0.3) is 0 Å². The van der Waals surface area contributed by atoms with Gasteiger partial charge in [0.05, 0.1) is 18.4 Å². The van der Waals surface area contributed by atoms with Crippen molar-refractivity contribution in [2.24, 2.45) is 17.8 Å². The maximum Gasteiger partial charge on any atom is 0.204 e. The van der Waals surface area contributed by atoms with Crippen molar-refractivity contribution in [3.63, 3.8) is 0 Å². The van der Waals surface area contributed by atoms with E-state index in [2.05, 4.69) is 14.9 Å². The van der Waals surface area contributed by atoms with Crippen molar-refractivity contribution >= 4 is 47.6 Å². The second kappa shape index (κ2) is 7.96. The summed E-state index contributed by atoms with van der Waals surface area (Å²) in [6.07, 6.45) is 1.86. The van der Waals surface area contributed by atoms with Gasteiger partial charge in [0, 0.05) is 45.7 Å². The average molecular weight is 410 g/mol. The topological polar surface area (TPSA) is 62.7 Å². The molecule has 2 N–H and O–H groups in total. The standard InChI is InChI=1S/C12H22N6S.HI/c1-16(2)12-15-9-10(17(12)3)8-14-11(13)18-4-6-19-7-5-18;/h9H,4-8H2,1-3H3,(H2,13,14);1H. The Labute approximate surface area is 141 Å². The van der Waals surface area contributed by atoms with Crippen LogP contribution >= 0.6 is 35.7 Å². The predicted octanol–water partition coefficient (Wildman–Crippen LogP) is 0.968. The summed E-state index contributed by atoms with van der Waals surface area (Å²) in [5.74, 6) is 3.84. The van der Waals surface area contributed by atoms with Gasteiger partial charge in [0.15, 0.2) is 5.96 Å². The van der Waals surface area contributed by atoms with Crippen LogP contribution < -0.4 is 10.6 Å². The van der Waals surface area contributed by atoms with Crippen molar-refractivity contribution in [1.82, 2.24) is 14.5 Å². The molecule has 114 valence electrons. The zero-order valence-electron chi connectivity index (χ0n) is 12.2. The highest BCUT2D eigenvalue weighted by Crippen LogP contribution is 2.12. The van der Waals surface area contributed by atoms with E-state index in [-0.39, 0.29) is 24.0 Å². The van der Waals surface area contributed by atoms with Crippen LogP contribution in [0.3, 0.4) is 0 Å². The van der Waals surface area contributed by atoms with Crippen molar-refractivity contribution in [2.45, 2.75) is 6.54 Å². The number of aliphatic imine (C=N–C) groups is 1. The van der Waals surface area contributed by atoms with Crippen LogP contribution in [0.15, 0.2) is 11.2 Å². The van der Waals surface area contributed by atoms with Crippen LogP contribution in [0.5, 0.6) is 0 Å². The highest BCUT2D eigenvalue weighted by Gasteiger charge is 2.13. The molecule has 6 nitrogen and oxygen atoms in total. The van der Waals surface area contributed by atoms with Crippen molar-refractivity contribution in [3.05, 3.63) is 11.9 Å². The number of nitrogens with zero attached hydrogens (tertiary/aromatic N) is 5. The molecule has 1 saturated heterocycles. The number of halogens is 1. The second-order valence-electron chi connectivity index (χ2n) is 4.78. The van der Waals surface area contributed by atoms with Crippen molar-refractivity contribution < 1.29 is 0 Å². The van der Waals surface area contributed by atoms with E-state index in [9.17, 15) is 0 Å². The van der Waals surface area contributed by atoms with Gasteiger partial charge in [-0.3, -0.25) is 0 Å². The lowest BCUT2D eigenvalue weighted by atomic mass is 10.4. The summed E-state index contributed by atoms with van der Waals surface area (Å²) < 4.78 is 2.04. The van der Waals surface area contributed by atoms with Crippen molar-refractivity contribution in [1.29, 1.82) is 0 Å². The Kier molecular flexibility index (Phi) is 6.93. The third kappa shape index (κ3) is 4.18. The monoisotopic (exact) mass is 410 g/mol. The first-order chi connectivity index (χ1) is 9.09. The Balaban J connectivity index is 0.00000200. The quantitative estimate of drug-likeness (QED) is 0.457. The molecule has 0 bridgehead atoms. The molecule has 20 heavy (non-hydrogen) atoms. The normalized spacial score (nSPS) is 15.9. The van der Waals surface area contributed by atoms with E-state index in [0.29, 0.717) is 12.5 Å². The summed E-state index contributed by atoms with van der Waals surface area (Å²) in [6, 6.07) is 0. The molecule has 2 heterocycles. The third-order valence-corrected chi connectivity index (χ3v) is 4.14. The number of imidazole rings is 1. The van der Waals surface area contributed by atoms with Crippen LogP contribution in [-0.2, 0) is 13.6 Å². The Bertz CT molecular complexity index is 453. The van der Waals surface area contributed by atoms with E-state index < -0.39 is 0 Å². The number of anilines is 1. The van der Waals surface area contributed by atoms with Crippen molar-refractivity contribution in [3.8, 4) is 0 Å². The first-order valence-corrected chi connectivity index (χ1v) is 7.55. The second-order valence-corrected chi connectivity index (χ2v) is 6.00. The molecule has 0 spiro atoms. The molecule has 0 amide bonds. The summed E-state index contributed by atoms with van der Waals surface area (Å²) in [6.45, 7) is 2.56. The van der Waals surface area contributed by atoms with Crippen LogP contribution in [0.25, 0.3) is 0 Å². The third-order valence-electron chi connectivity index (χ3n) is 3.20. The Morgan fingerprint density at radius 2 is 2.10 bits per heavy atom. The van der Waals surface area contributed by atoms with Crippen LogP contribution in [0.1, 0.15) is 5.69 Å². The highest BCUT2D eigenvalue weighted by molar-refractivity contribution is 14.0. The van der Waals surface area contributed by atoms with Gasteiger partial charge in [-0.2, -0.15) is 11.8 Å². The number of thioether (sulfide) groups is 1. The van der Waals surface area contributed by atoms with Gasteiger partial charge in [0.2, 0.25) is 5.95 Å². The zero-order chi connectivity index (χ0) is 13.8. The largest absolute Gasteiger partial charge is 0.370 e. The fraction of sp³-hybridized carbons (Fsp3) is 0.667. The van der Waals surface area contributed by atoms with Gasteiger partial charge in [-0.05, 0) is 0 Å². The molecular formula is C12H23IN6S. The molecule has 1 aliphatic heterocycles. The molecule has 0 atom stereocenters. The van der Waals surface area contributed by atoms with Gasteiger partial charge >= 0.3 is 0 Å². The van der Waals surface area contributed by atoms with Gasteiger partial charge in [-0.1, -0.05) is 0 Å². The molecule has 0 aliphatic carbocycles. The minimum absolute atomic E-state index is 0. The van der Waals surface area contributed by atoms with E-state index in [1.54, 1.807) is 0 Å². The van der Waals surface area contributed by atoms with Crippen LogP contribution in [0.2, 0.25) is 0 Å². The number of rotatable bonds is 3. The SMILES string of the molecule is CN(C)c1ncc(CN=C(N)N2CCSCC2)n1C.I. The molecule has 8 heteroatoms. The summed E-state index contributed by atoms with van der Waals surface area (Å²) in [5.41, 5.74) is 7.11. The molecule has 1 fully saturated rings. The number of aromatic nitrogens is 2. The Morgan fingerprint density at radius 1 is 1.45 bits per heavy atom. The summed E-state index contributed by atoms with van der Waals surface area (Å²) in [7, 11) is 5.96. The molecule has 1 aromatic heterocycles. The molecule has 1 aromatic rings. The predicted molar refractivity (Wildman–Crippen MR) is 97.2 cm³/mol. The minimum Gasteiger partial charge on any atom is -0.370 e. The first-order valence-electron chi connectivity index (χ1n) is 6.40. The molecule has 0 unspecified atom stereocenters. The maximum absolute atomic E-state index is 6.04. The number of nitrogens with two attached hydrogens (primary N) is 1. The van der Waals surface area contributed by atoms with Crippen LogP contribution in [0.4, 0.5) is 5.95 Å². The van der Waals surface area contributed by atoms with Gasteiger partial charge in [-0.15, -0.1) is 24.0 Å². The van der Waals surface area contributed by atoms with E-state index in [1.165, 1.54) is 0 Å².